The molecule has 0 radical (unpaired) electrons. The fraction of sp³-hybridized carbons (Fsp3) is 0.235. The van der Waals surface area contributed by atoms with Crippen LogP contribution in [0.1, 0.15) is 17.2 Å². The highest BCUT2D eigenvalue weighted by Crippen LogP contribution is 2.21. The van der Waals surface area contributed by atoms with Crippen LogP contribution in [0.4, 0.5) is 4.39 Å². The lowest BCUT2D eigenvalue weighted by Crippen LogP contribution is -2.33. The zero-order valence-electron chi connectivity index (χ0n) is 11.8. The summed E-state index contributed by atoms with van der Waals surface area (Å²) in [5, 5.41) is 3.09. The van der Waals surface area contributed by atoms with E-state index in [0.29, 0.717) is 0 Å². The molecule has 1 atom stereocenters. The van der Waals surface area contributed by atoms with E-state index in [1.165, 1.54) is 7.11 Å². The van der Waals surface area contributed by atoms with Crippen molar-refractivity contribution in [2.45, 2.75) is 12.2 Å². The topological polar surface area (TPSA) is 38.3 Å². The SMILES string of the molecule is COC(=O)C(F)CNC(c1ccccc1)c1ccccc1. The van der Waals surface area contributed by atoms with E-state index in [0.717, 1.165) is 11.1 Å². The Morgan fingerprint density at radius 3 is 1.95 bits per heavy atom. The normalized spacial score (nSPS) is 12.1. The van der Waals surface area contributed by atoms with Crippen LogP contribution in [0.2, 0.25) is 0 Å². The van der Waals surface area contributed by atoms with Crippen LogP contribution in [0.15, 0.2) is 60.7 Å². The van der Waals surface area contributed by atoms with Crippen LogP contribution in [0, 0.1) is 0 Å². The number of benzene rings is 2. The molecule has 0 saturated carbocycles. The molecule has 0 aliphatic rings. The Morgan fingerprint density at radius 1 is 1.05 bits per heavy atom. The van der Waals surface area contributed by atoms with E-state index in [1.807, 2.05) is 60.7 Å². The van der Waals surface area contributed by atoms with Crippen LogP contribution in [-0.4, -0.2) is 25.8 Å². The van der Waals surface area contributed by atoms with Crippen molar-refractivity contribution < 1.29 is 13.9 Å². The average molecular weight is 287 g/mol. The maximum absolute atomic E-state index is 13.7. The van der Waals surface area contributed by atoms with E-state index in [-0.39, 0.29) is 12.6 Å². The predicted molar refractivity (Wildman–Crippen MR) is 79.6 cm³/mol. The molecule has 0 saturated heterocycles. The molecule has 2 aromatic rings. The van der Waals surface area contributed by atoms with Gasteiger partial charge in [0.15, 0.2) is 0 Å². The molecular formula is C17H18FNO2. The van der Waals surface area contributed by atoms with Gasteiger partial charge in [-0.2, -0.15) is 0 Å². The van der Waals surface area contributed by atoms with Crippen LogP contribution >= 0.6 is 0 Å². The molecule has 2 rings (SSSR count). The van der Waals surface area contributed by atoms with Crippen molar-refractivity contribution in [3.05, 3.63) is 71.8 Å². The van der Waals surface area contributed by atoms with Gasteiger partial charge >= 0.3 is 5.97 Å². The maximum atomic E-state index is 13.7. The number of methoxy groups -OCH3 is 1. The van der Waals surface area contributed by atoms with E-state index in [4.69, 9.17) is 0 Å². The number of hydrogen-bond donors (Lipinski definition) is 1. The fourth-order valence-electron chi connectivity index (χ4n) is 2.15. The Kier molecular flexibility index (Phi) is 5.46. The molecule has 0 aliphatic heterocycles. The van der Waals surface area contributed by atoms with Crippen molar-refractivity contribution in [2.75, 3.05) is 13.7 Å². The van der Waals surface area contributed by atoms with E-state index >= 15 is 0 Å². The number of nitrogens with one attached hydrogen (secondary N) is 1. The number of ether oxygens (including phenoxy) is 1. The molecule has 0 amide bonds. The number of rotatable bonds is 6. The fourth-order valence-corrected chi connectivity index (χ4v) is 2.15. The first-order valence-corrected chi connectivity index (χ1v) is 6.77. The lowest BCUT2D eigenvalue weighted by molar-refractivity contribution is -0.146. The van der Waals surface area contributed by atoms with Crippen molar-refractivity contribution in [1.82, 2.24) is 5.32 Å². The van der Waals surface area contributed by atoms with Gasteiger partial charge in [-0.3, -0.25) is 0 Å². The highest BCUT2D eigenvalue weighted by atomic mass is 19.1. The van der Waals surface area contributed by atoms with E-state index in [9.17, 15) is 9.18 Å². The Labute approximate surface area is 123 Å². The Bertz CT molecular complexity index is 520. The van der Waals surface area contributed by atoms with Crippen LogP contribution < -0.4 is 5.32 Å². The Hall–Kier alpha value is -2.20. The molecule has 0 spiro atoms. The van der Waals surface area contributed by atoms with Gasteiger partial charge < -0.3 is 10.1 Å². The third-order valence-corrected chi connectivity index (χ3v) is 3.22. The number of halogens is 1. The first kappa shape index (κ1) is 15.2. The summed E-state index contributed by atoms with van der Waals surface area (Å²) >= 11 is 0. The Balaban J connectivity index is 2.16. The minimum atomic E-state index is -1.68. The van der Waals surface area contributed by atoms with Gasteiger partial charge in [0.05, 0.1) is 13.2 Å². The van der Waals surface area contributed by atoms with Crippen LogP contribution in [0.25, 0.3) is 0 Å². The summed E-state index contributed by atoms with van der Waals surface area (Å²) < 4.78 is 18.1. The van der Waals surface area contributed by atoms with Gasteiger partial charge in [0.2, 0.25) is 6.17 Å². The highest BCUT2D eigenvalue weighted by Gasteiger charge is 2.21. The average Bonchev–Trinajstić information content (AvgIpc) is 2.56. The minimum absolute atomic E-state index is 0.0961. The monoisotopic (exact) mass is 287 g/mol. The molecule has 110 valence electrons. The van der Waals surface area contributed by atoms with E-state index < -0.39 is 12.1 Å². The number of esters is 1. The van der Waals surface area contributed by atoms with Crippen molar-refractivity contribution in [3.63, 3.8) is 0 Å². The molecule has 2 aromatic carbocycles. The van der Waals surface area contributed by atoms with Crippen molar-refractivity contribution >= 4 is 5.97 Å². The summed E-state index contributed by atoms with van der Waals surface area (Å²) in [4.78, 5) is 11.2. The standard InChI is InChI=1S/C17H18FNO2/c1-21-17(20)15(18)12-19-16(13-8-4-2-5-9-13)14-10-6-3-7-11-14/h2-11,15-16,19H,12H2,1H3. The second-order valence-electron chi connectivity index (χ2n) is 4.65. The largest absolute Gasteiger partial charge is 0.467 e. The van der Waals surface area contributed by atoms with Gasteiger partial charge in [-0.05, 0) is 11.1 Å². The molecule has 0 aliphatic carbocycles. The summed E-state index contributed by atoms with van der Waals surface area (Å²) in [7, 11) is 1.18. The molecule has 0 aromatic heterocycles. The molecule has 21 heavy (non-hydrogen) atoms. The zero-order valence-corrected chi connectivity index (χ0v) is 11.8. The first-order chi connectivity index (χ1) is 10.2. The lowest BCUT2D eigenvalue weighted by atomic mass is 9.98. The number of carbonyl (C=O) groups excluding carboxylic acids is 1. The van der Waals surface area contributed by atoms with Gasteiger partial charge in [-0.25, -0.2) is 9.18 Å². The summed E-state index contributed by atoms with van der Waals surface area (Å²) in [6, 6.07) is 19.3. The first-order valence-electron chi connectivity index (χ1n) is 6.77. The van der Waals surface area contributed by atoms with Crippen LogP contribution in [0.5, 0.6) is 0 Å². The highest BCUT2D eigenvalue weighted by molar-refractivity contribution is 5.74. The molecule has 0 heterocycles. The quantitative estimate of drug-likeness (QED) is 0.830. The van der Waals surface area contributed by atoms with Crippen molar-refractivity contribution in [3.8, 4) is 0 Å². The lowest BCUT2D eigenvalue weighted by Gasteiger charge is -2.20. The second kappa shape index (κ2) is 7.55. The van der Waals surface area contributed by atoms with Gasteiger partial charge in [-0.15, -0.1) is 0 Å². The van der Waals surface area contributed by atoms with Gasteiger partial charge in [-0.1, -0.05) is 60.7 Å². The van der Waals surface area contributed by atoms with E-state index in [2.05, 4.69) is 10.1 Å². The third kappa shape index (κ3) is 4.13. The van der Waals surface area contributed by atoms with Crippen LogP contribution in [0.3, 0.4) is 0 Å². The zero-order chi connectivity index (χ0) is 15.1. The van der Waals surface area contributed by atoms with Crippen LogP contribution in [-0.2, 0) is 9.53 Å². The van der Waals surface area contributed by atoms with Gasteiger partial charge in [0.1, 0.15) is 0 Å². The van der Waals surface area contributed by atoms with Gasteiger partial charge in [0.25, 0.3) is 0 Å². The maximum Gasteiger partial charge on any atom is 0.341 e. The minimum Gasteiger partial charge on any atom is -0.467 e. The number of alkyl halides is 1. The summed E-state index contributed by atoms with van der Waals surface area (Å²) in [5.41, 5.74) is 2.03. The molecule has 0 fully saturated rings. The molecule has 3 nitrogen and oxygen atoms in total. The molecule has 1 N–H and O–H groups in total. The molecular weight excluding hydrogens is 269 g/mol. The molecule has 0 bridgehead atoms. The Morgan fingerprint density at radius 2 is 1.52 bits per heavy atom. The number of hydrogen-bond acceptors (Lipinski definition) is 3. The van der Waals surface area contributed by atoms with Crippen molar-refractivity contribution in [2.24, 2.45) is 0 Å². The summed E-state index contributed by atoms with van der Waals surface area (Å²) in [5.74, 6) is -0.859. The smallest absolute Gasteiger partial charge is 0.341 e. The number of carbonyl (C=O) groups is 1. The molecule has 1 unspecified atom stereocenters. The predicted octanol–water partition coefficient (Wildman–Crippen LogP) is 2.88. The molecule has 4 heteroatoms. The van der Waals surface area contributed by atoms with Gasteiger partial charge in [0, 0.05) is 6.54 Å². The summed E-state index contributed by atoms with van der Waals surface area (Å²) in [6.45, 7) is -0.0961. The second-order valence-corrected chi connectivity index (χ2v) is 4.65. The third-order valence-electron chi connectivity index (χ3n) is 3.22. The van der Waals surface area contributed by atoms with Crippen molar-refractivity contribution in [1.29, 1.82) is 0 Å². The van der Waals surface area contributed by atoms with E-state index in [1.54, 1.807) is 0 Å². The summed E-state index contributed by atoms with van der Waals surface area (Å²) in [6.07, 6.45) is -1.68.